The summed E-state index contributed by atoms with van der Waals surface area (Å²) in [6, 6.07) is 47.1. The zero-order chi connectivity index (χ0) is 64.4. The number of hydrogen-bond acceptors (Lipinski definition) is 10. The van der Waals surface area contributed by atoms with Gasteiger partial charge in [-0.1, -0.05) is 95.1 Å². The third-order valence-electron chi connectivity index (χ3n) is 10.4. The quantitative estimate of drug-likeness (QED) is 0.0446. The van der Waals surface area contributed by atoms with E-state index >= 15 is 0 Å². The number of nitrogens with zero attached hydrogens (tertiary/aromatic N) is 8. The number of rotatable bonds is 4. The molecule has 0 amide bonds. The molecule has 12 aromatic rings. The van der Waals surface area contributed by atoms with E-state index in [9.17, 15) is 61.5 Å². The first-order chi connectivity index (χ1) is 41.1. The minimum absolute atomic E-state index is 0. The van der Waals surface area contributed by atoms with Crippen LogP contribution in [0.25, 0.3) is 67.1 Å². The van der Waals surface area contributed by atoms with E-state index in [1.165, 1.54) is 17.9 Å². The molecule has 88 heavy (non-hydrogen) atoms. The van der Waals surface area contributed by atoms with Crippen LogP contribution in [0.15, 0.2) is 170 Å². The molecule has 0 aliphatic carbocycles. The maximum atomic E-state index is 13.5. The standard InChI is InChI=1S/4C13H7F2N2.CHF3O3S.CF3O2S.Ag.ClH.2Ir.O/c4*14-9-4-5-11(12(15)7-9)13-8-10-3-1-2-6-17(10)16-13;2-1(3,4)8(5,6)7;2-1(3,4)7(5)6;;;;;/h4*1-4,6-8H;(H,5,6,7);;;1H;;;/q4*-1;;-1;;;;+3;/p-1. The zero-order valence-electron chi connectivity index (χ0n) is 42.7. The average Bonchev–Trinajstić information content (AvgIpc) is 4.45. The third kappa shape index (κ3) is 20.6. The molecule has 12 rings (SSSR count). The van der Waals surface area contributed by atoms with E-state index < -0.39 is 78.4 Å². The van der Waals surface area contributed by atoms with Gasteiger partial charge in [-0.3, -0.25) is 57.7 Å². The van der Waals surface area contributed by atoms with Crippen LogP contribution >= 0.6 is 9.58 Å². The molecule has 0 fully saturated rings. The van der Waals surface area contributed by atoms with Gasteiger partial charge >= 0.3 is 72.9 Å². The molecule has 4 aromatic carbocycles. The molecule has 8 aromatic heterocycles. The van der Waals surface area contributed by atoms with Crippen LogP contribution in [0, 0.1) is 70.8 Å². The van der Waals surface area contributed by atoms with E-state index in [0.717, 1.165) is 70.6 Å². The Bertz CT molecular complexity index is 3860. The summed E-state index contributed by atoms with van der Waals surface area (Å²) in [5.41, 5.74) is -4.77. The van der Waals surface area contributed by atoms with Crippen molar-refractivity contribution in [3.8, 4) is 45.0 Å². The number of aromatic nitrogens is 8. The first-order valence-corrected chi connectivity index (χ1v) is 28.9. The zero-order valence-corrected chi connectivity index (χ0v) is 51.3. The second kappa shape index (κ2) is 33.3. The van der Waals surface area contributed by atoms with E-state index in [1.807, 2.05) is 72.8 Å². The Kier molecular flexibility index (Phi) is 27.7. The van der Waals surface area contributed by atoms with Gasteiger partial charge in [-0.15, -0.1) is 48.5 Å². The molecule has 0 aliphatic heterocycles. The Morgan fingerprint density at radius 1 is 0.443 bits per heavy atom. The normalized spacial score (nSPS) is 10.9. The molecule has 0 spiro atoms. The molecule has 0 unspecified atom stereocenters. The van der Waals surface area contributed by atoms with Crippen molar-refractivity contribution in [1.29, 1.82) is 0 Å². The van der Waals surface area contributed by atoms with E-state index in [0.29, 0.717) is 22.8 Å². The summed E-state index contributed by atoms with van der Waals surface area (Å²) in [6.07, 6.45) is 7.06. The Balaban J connectivity index is 0.000000228. The predicted octanol–water partition coefficient (Wildman–Crippen LogP) is 14.1. The summed E-state index contributed by atoms with van der Waals surface area (Å²) in [6.45, 7) is 0. The average molecular weight is 1740 g/mol. The summed E-state index contributed by atoms with van der Waals surface area (Å²) >= 11 is 3.17. The molecule has 0 saturated heterocycles. The second-order valence-electron chi connectivity index (χ2n) is 16.2. The van der Waals surface area contributed by atoms with E-state index in [2.05, 4.69) is 54.2 Å². The first kappa shape index (κ1) is 73.1. The first-order valence-electron chi connectivity index (χ1n) is 22.9. The van der Waals surface area contributed by atoms with Gasteiger partial charge in [0, 0.05) is 125 Å². The summed E-state index contributed by atoms with van der Waals surface area (Å²) in [5.74, 6) is -5.21. The SMILES string of the molecule is Fc1c[c-]c(-c2cc3ccccn3n2)c(F)c1.Fc1c[c-]c(-c2cc3ccccn3n2)c(F)c1.Fc1c[c-]c(-c2cc3ccccn3n2)c(F)c1.Fc1c[c-]c(-c2cc3ccccn3n2)c(F)c1.O=S(=O)(O)C(F)(F)F.O=[S-](=O)C(F)(F)F.[Cl][Ir+2].[Ir].[O]=[Ag]. The summed E-state index contributed by atoms with van der Waals surface area (Å²) < 4.78 is 227. The van der Waals surface area contributed by atoms with Gasteiger partial charge in [0.05, 0.1) is 22.1 Å². The van der Waals surface area contributed by atoms with E-state index in [4.69, 9.17) is 24.6 Å². The van der Waals surface area contributed by atoms with Crippen molar-refractivity contribution in [2.24, 2.45) is 0 Å². The van der Waals surface area contributed by atoms with Crippen LogP contribution in [0.5, 0.6) is 0 Å². The molecular formula is C54H29AgClF14Ir2N8O6S2-3. The molecular weight excluding hydrogens is 1710 g/mol. The van der Waals surface area contributed by atoms with Crippen molar-refractivity contribution < 1.29 is 145 Å². The Morgan fingerprint density at radius 2 is 0.636 bits per heavy atom. The number of benzene rings is 4. The summed E-state index contributed by atoms with van der Waals surface area (Å²) in [4.78, 5) is 0. The van der Waals surface area contributed by atoms with Crippen LogP contribution in [-0.2, 0) is 91.5 Å². The molecule has 0 atom stereocenters. The Morgan fingerprint density at radius 3 is 0.784 bits per heavy atom. The number of alkyl halides is 6. The number of pyridine rings is 4. The van der Waals surface area contributed by atoms with Crippen LogP contribution in [0.4, 0.5) is 61.5 Å². The van der Waals surface area contributed by atoms with Gasteiger partial charge < -0.3 is 8.42 Å². The topological polar surface area (TPSA) is 175 Å². The number of halogens is 15. The third-order valence-corrected chi connectivity index (χ3v) is 11.4. The molecule has 470 valence electrons. The summed E-state index contributed by atoms with van der Waals surface area (Å²) in [5, 5.41) is 16.8. The van der Waals surface area contributed by atoms with Crippen molar-refractivity contribution in [2.75, 3.05) is 0 Å². The van der Waals surface area contributed by atoms with Crippen molar-refractivity contribution in [2.45, 2.75) is 11.0 Å². The molecule has 0 aliphatic rings. The van der Waals surface area contributed by atoms with Crippen LogP contribution in [0.2, 0.25) is 0 Å². The maximum absolute atomic E-state index is 13.5. The van der Waals surface area contributed by atoms with Crippen molar-refractivity contribution in [1.82, 2.24) is 38.5 Å². The van der Waals surface area contributed by atoms with Crippen molar-refractivity contribution in [3.05, 3.63) is 241 Å². The van der Waals surface area contributed by atoms with Gasteiger partial charge in [0.15, 0.2) is 0 Å². The molecule has 0 saturated carbocycles. The fourth-order valence-corrected chi connectivity index (χ4v) is 6.81. The monoisotopic (exact) mass is 1740 g/mol. The van der Waals surface area contributed by atoms with E-state index in [-0.39, 0.29) is 42.4 Å². The number of hydrogen-bond donors (Lipinski definition) is 1. The Hall–Kier alpha value is -7.35. The van der Waals surface area contributed by atoms with Gasteiger partial charge in [-0.25, -0.2) is 20.4 Å². The van der Waals surface area contributed by atoms with Crippen molar-refractivity contribution >= 4 is 52.5 Å². The van der Waals surface area contributed by atoms with Crippen LogP contribution < -0.4 is 0 Å². The molecule has 0 bridgehead atoms. The van der Waals surface area contributed by atoms with Crippen LogP contribution in [-0.4, -0.2) is 62.4 Å². The van der Waals surface area contributed by atoms with Gasteiger partial charge in [-0.2, -0.15) is 34.8 Å². The molecule has 1 radical (unpaired) electrons. The minimum atomic E-state index is -5.84. The molecule has 8 heterocycles. The van der Waals surface area contributed by atoms with Gasteiger partial charge in [-0.05, 0) is 48.5 Å². The van der Waals surface area contributed by atoms with Gasteiger partial charge in [0.25, 0.3) is 0 Å². The Labute approximate surface area is 529 Å². The van der Waals surface area contributed by atoms with Gasteiger partial charge in [0.1, 0.15) is 0 Å². The predicted molar refractivity (Wildman–Crippen MR) is 276 cm³/mol. The number of fused-ring (bicyclic) bond motifs is 4. The van der Waals surface area contributed by atoms with Crippen molar-refractivity contribution in [3.63, 3.8) is 0 Å². The molecule has 14 nitrogen and oxygen atoms in total. The second-order valence-corrected chi connectivity index (χ2v) is 18.5. The molecule has 1 N–H and O–H groups in total. The van der Waals surface area contributed by atoms with E-state index in [1.54, 1.807) is 88.2 Å². The van der Waals surface area contributed by atoms with Gasteiger partial charge in [0.2, 0.25) is 0 Å². The van der Waals surface area contributed by atoms with Crippen LogP contribution in [0.1, 0.15) is 0 Å². The summed E-state index contributed by atoms with van der Waals surface area (Å²) in [7, 11) is -5.13. The fourth-order valence-electron chi connectivity index (χ4n) is 6.81. The van der Waals surface area contributed by atoms with Crippen LogP contribution in [0.3, 0.4) is 0 Å². The molecule has 34 heteroatoms. The fraction of sp³-hybridized carbons (Fsp3) is 0.0370.